The molecule has 1 aromatic rings. The molecular weight excluding hydrogens is 301 g/mol. The largest absolute Gasteiger partial charge is 0.469 e. The van der Waals surface area contributed by atoms with Crippen LogP contribution in [0.2, 0.25) is 0 Å². The third kappa shape index (κ3) is 3.40. The standard InChI is InChI=1S/C15H17F3O4/c1-5-9-6-7-10(15(16,17)18)11(8(2)13(19)21-3)12(9)14(20)22-4/h6-8H,5H2,1-4H3. The van der Waals surface area contributed by atoms with Gasteiger partial charge in [-0.05, 0) is 30.5 Å². The number of aryl methyl sites for hydroxylation is 1. The summed E-state index contributed by atoms with van der Waals surface area (Å²) in [7, 11) is 2.15. The lowest BCUT2D eigenvalue weighted by Gasteiger charge is -2.21. The van der Waals surface area contributed by atoms with Gasteiger partial charge >= 0.3 is 18.1 Å². The van der Waals surface area contributed by atoms with Gasteiger partial charge in [0.15, 0.2) is 0 Å². The molecule has 0 spiro atoms. The molecule has 0 heterocycles. The summed E-state index contributed by atoms with van der Waals surface area (Å²) in [5.41, 5.74) is -1.29. The molecule has 0 radical (unpaired) electrons. The summed E-state index contributed by atoms with van der Waals surface area (Å²) in [6.07, 6.45) is -4.38. The normalized spacial score (nSPS) is 12.7. The van der Waals surface area contributed by atoms with Gasteiger partial charge in [0, 0.05) is 0 Å². The Morgan fingerprint density at radius 2 is 1.77 bits per heavy atom. The highest BCUT2D eigenvalue weighted by molar-refractivity contribution is 5.95. The zero-order valence-electron chi connectivity index (χ0n) is 12.7. The number of carbonyl (C=O) groups excluding carboxylic acids is 2. The number of hydrogen-bond acceptors (Lipinski definition) is 4. The number of benzene rings is 1. The average molecular weight is 318 g/mol. The van der Waals surface area contributed by atoms with Gasteiger partial charge in [-0.1, -0.05) is 13.0 Å². The Morgan fingerprint density at radius 3 is 2.18 bits per heavy atom. The fourth-order valence-electron chi connectivity index (χ4n) is 2.29. The highest BCUT2D eigenvalue weighted by Crippen LogP contribution is 2.39. The molecule has 0 bridgehead atoms. The van der Waals surface area contributed by atoms with E-state index in [1.165, 1.54) is 13.0 Å². The number of alkyl halides is 3. The molecule has 1 aromatic carbocycles. The van der Waals surface area contributed by atoms with Crippen molar-refractivity contribution in [1.82, 2.24) is 0 Å². The second-order valence-corrected chi connectivity index (χ2v) is 4.65. The lowest BCUT2D eigenvalue weighted by molar-refractivity contribution is -0.143. The first-order valence-corrected chi connectivity index (χ1v) is 6.58. The zero-order valence-corrected chi connectivity index (χ0v) is 12.7. The van der Waals surface area contributed by atoms with E-state index in [0.29, 0.717) is 12.0 Å². The van der Waals surface area contributed by atoms with Crippen molar-refractivity contribution in [1.29, 1.82) is 0 Å². The molecular formula is C15H17F3O4. The van der Waals surface area contributed by atoms with E-state index in [1.807, 2.05) is 0 Å². The van der Waals surface area contributed by atoms with Crippen LogP contribution in [0.1, 0.15) is 46.8 Å². The van der Waals surface area contributed by atoms with E-state index in [-0.39, 0.29) is 5.56 Å². The molecule has 0 aliphatic heterocycles. The summed E-state index contributed by atoms with van der Waals surface area (Å²) in [5, 5.41) is 0. The Kier molecular flexibility index (Phi) is 5.57. The van der Waals surface area contributed by atoms with E-state index in [0.717, 1.165) is 20.3 Å². The average Bonchev–Trinajstić information content (AvgIpc) is 2.49. The molecule has 0 aliphatic rings. The van der Waals surface area contributed by atoms with Gasteiger partial charge in [0.05, 0.1) is 31.3 Å². The van der Waals surface area contributed by atoms with Crippen LogP contribution in [0.5, 0.6) is 0 Å². The van der Waals surface area contributed by atoms with Crippen molar-refractivity contribution in [3.05, 3.63) is 34.4 Å². The van der Waals surface area contributed by atoms with Crippen LogP contribution in [0.4, 0.5) is 13.2 Å². The molecule has 22 heavy (non-hydrogen) atoms. The van der Waals surface area contributed by atoms with Crippen LogP contribution < -0.4 is 0 Å². The number of ether oxygens (including phenoxy) is 2. The summed E-state index contributed by atoms with van der Waals surface area (Å²) in [6.45, 7) is 2.96. The van der Waals surface area contributed by atoms with Gasteiger partial charge in [0.1, 0.15) is 0 Å². The van der Waals surface area contributed by atoms with Crippen LogP contribution in [0.25, 0.3) is 0 Å². The number of carbonyl (C=O) groups is 2. The van der Waals surface area contributed by atoms with E-state index in [9.17, 15) is 22.8 Å². The molecule has 0 amide bonds. The molecule has 1 atom stereocenters. The van der Waals surface area contributed by atoms with Gasteiger partial charge < -0.3 is 9.47 Å². The molecule has 0 saturated carbocycles. The zero-order chi connectivity index (χ0) is 17.1. The third-order valence-electron chi connectivity index (χ3n) is 3.40. The monoisotopic (exact) mass is 318 g/mol. The number of esters is 2. The first kappa shape index (κ1) is 18.0. The molecule has 1 rings (SSSR count). The maximum Gasteiger partial charge on any atom is 0.416 e. The highest BCUT2D eigenvalue weighted by atomic mass is 19.4. The fraction of sp³-hybridized carbons (Fsp3) is 0.467. The predicted octanol–water partition coefficient (Wildman–Crippen LogP) is 3.33. The summed E-state index contributed by atoms with van der Waals surface area (Å²) in [4.78, 5) is 23.7. The van der Waals surface area contributed by atoms with Gasteiger partial charge in [-0.3, -0.25) is 4.79 Å². The van der Waals surface area contributed by atoms with Crippen LogP contribution in [0.15, 0.2) is 12.1 Å². The Bertz CT molecular complexity index is 579. The first-order chi connectivity index (χ1) is 10.2. The highest BCUT2D eigenvalue weighted by Gasteiger charge is 2.39. The molecule has 122 valence electrons. The van der Waals surface area contributed by atoms with Crippen molar-refractivity contribution in [2.75, 3.05) is 14.2 Å². The quantitative estimate of drug-likeness (QED) is 0.799. The minimum atomic E-state index is -4.70. The second-order valence-electron chi connectivity index (χ2n) is 4.65. The minimum Gasteiger partial charge on any atom is -0.469 e. The van der Waals surface area contributed by atoms with Gasteiger partial charge in [-0.2, -0.15) is 13.2 Å². The Hall–Kier alpha value is -2.05. The Labute approximate surface area is 126 Å². The van der Waals surface area contributed by atoms with E-state index in [4.69, 9.17) is 0 Å². The van der Waals surface area contributed by atoms with Crippen LogP contribution in [0.3, 0.4) is 0 Å². The van der Waals surface area contributed by atoms with Crippen molar-refractivity contribution in [3.63, 3.8) is 0 Å². The lowest BCUT2D eigenvalue weighted by atomic mass is 9.86. The molecule has 0 N–H and O–H groups in total. The maximum atomic E-state index is 13.3. The van der Waals surface area contributed by atoms with E-state index < -0.39 is 35.2 Å². The van der Waals surface area contributed by atoms with E-state index >= 15 is 0 Å². The van der Waals surface area contributed by atoms with Gasteiger partial charge in [0.25, 0.3) is 0 Å². The van der Waals surface area contributed by atoms with Crippen molar-refractivity contribution in [3.8, 4) is 0 Å². The van der Waals surface area contributed by atoms with Crippen molar-refractivity contribution in [2.24, 2.45) is 0 Å². The fourth-order valence-corrected chi connectivity index (χ4v) is 2.29. The smallest absolute Gasteiger partial charge is 0.416 e. The molecule has 4 nitrogen and oxygen atoms in total. The number of halogens is 3. The van der Waals surface area contributed by atoms with Crippen LogP contribution in [-0.4, -0.2) is 26.2 Å². The van der Waals surface area contributed by atoms with Crippen LogP contribution in [-0.2, 0) is 26.9 Å². The molecule has 1 unspecified atom stereocenters. The molecule has 0 fully saturated rings. The number of methoxy groups -OCH3 is 2. The Morgan fingerprint density at radius 1 is 1.18 bits per heavy atom. The van der Waals surface area contributed by atoms with Crippen molar-refractivity contribution >= 4 is 11.9 Å². The molecule has 0 aliphatic carbocycles. The van der Waals surface area contributed by atoms with Crippen molar-refractivity contribution < 1.29 is 32.2 Å². The Balaban J connectivity index is 3.77. The van der Waals surface area contributed by atoms with Gasteiger partial charge in [-0.25, -0.2) is 4.79 Å². The van der Waals surface area contributed by atoms with E-state index in [2.05, 4.69) is 9.47 Å². The first-order valence-electron chi connectivity index (χ1n) is 6.58. The van der Waals surface area contributed by atoms with E-state index in [1.54, 1.807) is 6.92 Å². The number of rotatable bonds is 4. The summed E-state index contributed by atoms with van der Waals surface area (Å²) in [5.74, 6) is -3.01. The van der Waals surface area contributed by atoms with Gasteiger partial charge in [0.2, 0.25) is 0 Å². The molecule has 0 saturated heterocycles. The summed E-state index contributed by atoms with van der Waals surface area (Å²) >= 11 is 0. The summed E-state index contributed by atoms with van der Waals surface area (Å²) < 4.78 is 48.9. The van der Waals surface area contributed by atoms with Crippen LogP contribution >= 0.6 is 0 Å². The molecule has 0 aromatic heterocycles. The second kappa shape index (κ2) is 6.81. The maximum absolute atomic E-state index is 13.3. The lowest BCUT2D eigenvalue weighted by Crippen LogP contribution is -2.22. The van der Waals surface area contributed by atoms with Crippen LogP contribution in [0, 0.1) is 0 Å². The number of hydrogen-bond donors (Lipinski definition) is 0. The SMILES string of the molecule is CCc1ccc(C(F)(F)F)c(C(C)C(=O)OC)c1C(=O)OC. The van der Waals surface area contributed by atoms with Crippen molar-refractivity contribution in [2.45, 2.75) is 32.4 Å². The third-order valence-corrected chi connectivity index (χ3v) is 3.40. The summed E-state index contributed by atoms with van der Waals surface area (Å²) in [6, 6.07) is 2.10. The van der Waals surface area contributed by atoms with Gasteiger partial charge in [-0.15, -0.1) is 0 Å². The predicted molar refractivity (Wildman–Crippen MR) is 72.6 cm³/mol. The minimum absolute atomic E-state index is 0.224. The molecule has 7 heteroatoms. The topological polar surface area (TPSA) is 52.6 Å².